The Labute approximate surface area is 143 Å². The molecule has 2 aromatic rings. The highest BCUT2D eigenvalue weighted by atomic mass is 16.5. The summed E-state index contributed by atoms with van der Waals surface area (Å²) in [6.07, 6.45) is 0.455. The molecule has 0 bridgehead atoms. The third kappa shape index (κ3) is 4.66. The molecule has 1 atom stereocenters. The van der Waals surface area contributed by atoms with E-state index >= 15 is 0 Å². The zero-order valence-electron chi connectivity index (χ0n) is 13.8. The SMILES string of the molecule is O=C(C[C@H]1COCCN1)NCC(c1ccccc1)c1ccccc1. The summed E-state index contributed by atoms with van der Waals surface area (Å²) < 4.78 is 5.40. The van der Waals surface area contributed by atoms with Crippen LogP contribution in [0.3, 0.4) is 0 Å². The van der Waals surface area contributed by atoms with Crippen LogP contribution in [-0.4, -0.2) is 38.3 Å². The van der Waals surface area contributed by atoms with Crippen LogP contribution in [-0.2, 0) is 9.53 Å². The molecule has 1 aliphatic rings. The first kappa shape index (κ1) is 16.7. The van der Waals surface area contributed by atoms with Gasteiger partial charge in [0.15, 0.2) is 0 Å². The van der Waals surface area contributed by atoms with Crippen LogP contribution in [0.15, 0.2) is 60.7 Å². The van der Waals surface area contributed by atoms with E-state index in [2.05, 4.69) is 34.9 Å². The fourth-order valence-electron chi connectivity index (χ4n) is 3.06. The zero-order chi connectivity index (χ0) is 16.6. The highest BCUT2D eigenvalue weighted by Gasteiger charge is 2.19. The monoisotopic (exact) mass is 324 g/mol. The molecular weight excluding hydrogens is 300 g/mol. The Kier molecular flexibility index (Phi) is 5.99. The van der Waals surface area contributed by atoms with Gasteiger partial charge in [0.25, 0.3) is 0 Å². The Balaban J connectivity index is 1.63. The average molecular weight is 324 g/mol. The molecule has 2 N–H and O–H groups in total. The summed E-state index contributed by atoms with van der Waals surface area (Å²) in [6, 6.07) is 20.7. The molecule has 1 aliphatic heterocycles. The van der Waals surface area contributed by atoms with Gasteiger partial charge in [0.05, 0.1) is 13.2 Å². The Morgan fingerprint density at radius 1 is 1.08 bits per heavy atom. The van der Waals surface area contributed by atoms with Crippen molar-refractivity contribution in [1.29, 1.82) is 0 Å². The van der Waals surface area contributed by atoms with Crippen LogP contribution in [0.1, 0.15) is 23.5 Å². The summed E-state index contributed by atoms with van der Waals surface area (Å²) in [6.45, 7) is 2.74. The van der Waals surface area contributed by atoms with Gasteiger partial charge in [0.1, 0.15) is 0 Å². The molecule has 0 aromatic heterocycles. The lowest BCUT2D eigenvalue weighted by atomic mass is 9.91. The molecule has 1 saturated heterocycles. The highest BCUT2D eigenvalue weighted by Crippen LogP contribution is 2.23. The quantitative estimate of drug-likeness (QED) is 0.857. The molecule has 24 heavy (non-hydrogen) atoms. The number of carbonyl (C=O) groups is 1. The molecule has 0 radical (unpaired) electrons. The van der Waals surface area contributed by atoms with Crippen LogP contribution in [0, 0.1) is 0 Å². The molecule has 0 spiro atoms. The number of nitrogens with one attached hydrogen (secondary N) is 2. The van der Waals surface area contributed by atoms with Gasteiger partial charge in [0, 0.05) is 31.5 Å². The van der Waals surface area contributed by atoms with Gasteiger partial charge in [-0.05, 0) is 11.1 Å². The lowest BCUT2D eigenvalue weighted by molar-refractivity contribution is -0.122. The van der Waals surface area contributed by atoms with E-state index in [0.29, 0.717) is 19.6 Å². The molecule has 1 heterocycles. The van der Waals surface area contributed by atoms with E-state index < -0.39 is 0 Å². The normalized spacial score (nSPS) is 17.6. The Morgan fingerprint density at radius 3 is 2.25 bits per heavy atom. The first-order chi connectivity index (χ1) is 11.8. The van der Waals surface area contributed by atoms with Crippen LogP contribution >= 0.6 is 0 Å². The van der Waals surface area contributed by atoms with Crippen molar-refractivity contribution in [2.75, 3.05) is 26.3 Å². The van der Waals surface area contributed by atoms with Gasteiger partial charge in [-0.15, -0.1) is 0 Å². The minimum atomic E-state index is 0.0647. The van der Waals surface area contributed by atoms with E-state index in [0.717, 1.165) is 13.2 Å². The Morgan fingerprint density at radius 2 is 1.71 bits per heavy atom. The number of rotatable bonds is 6. The highest BCUT2D eigenvalue weighted by molar-refractivity contribution is 5.76. The second-order valence-corrected chi connectivity index (χ2v) is 6.11. The number of benzene rings is 2. The van der Waals surface area contributed by atoms with E-state index in [4.69, 9.17) is 4.74 Å². The van der Waals surface area contributed by atoms with E-state index in [1.807, 2.05) is 36.4 Å². The maximum Gasteiger partial charge on any atom is 0.221 e. The number of morpholine rings is 1. The largest absolute Gasteiger partial charge is 0.378 e. The zero-order valence-corrected chi connectivity index (χ0v) is 13.8. The molecule has 4 heteroatoms. The Bertz CT molecular complexity index is 585. The molecule has 0 saturated carbocycles. The fourth-order valence-corrected chi connectivity index (χ4v) is 3.06. The van der Waals surface area contributed by atoms with E-state index in [9.17, 15) is 4.79 Å². The second-order valence-electron chi connectivity index (χ2n) is 6.11. The summed E-state index contributed by atoms with van der Waals surface area (Å²) >= 11 is 0. The van der Waals surface area contributed by atoms with Crippen molar-refractivity contribution in [2.45, 2.75) is 18.4 Å². The van der Waals surface area contributed by atoms with E-state index in [-0.39, 0.29) is 17.9 Å². The molecule has 2 aromatic carbocycles. The minimum absolute atomic E-state index is 0.0647. The number of amides is 1. The lowest BCUT2D eigenvalue weighted by Gasteiger charge is -2.24. The topological polar surface area (TPSA) is 50.4 Å². The number of hydrogen-bond donors (Lipinski definition) is 2. The molecule has 126 valence electrons. The maximum atomic E-state index is 12.3. The lowest BCUT2D eigenvalue weighted by Crippen LogP contribution is -2.44. The minimum Gasteiger partial charge on any atom is -0.378 e. The predicted molar refractivity (Wildman–Crippen MR) is 95.0 cm³/mol. The molecule has 3 rings (SSSR count). The third-order valence-electron chi connectivity index (χ3n) is 4.34. The van der Waals surface area contributed by atoms with Gasteiger partial charge in [-0.2, -0.15) is 0 Å². The van der Waals surface area contributed by atoms with Crippen molar-refractivity contribution >= 4 is 5.91 Å². The fraction of sp³-hybridized carbons (Fsp3) is 0.350. The first-order valence-electron chi connectivity index (χ1n) is 8.50. The van der Waals surface area contributed by atoms with Crippen LogP contribution in [0.25, 0.3) is 0 Å². The van der Waals surface area contributed by atoms with Crippen LogP contribution in [0.2, 0.25) is 0 Å². The van der Waals surface area contributed by atoms with Crippen molar-refractivity contribution in [3.63, 3.8) is 0 Å². The van der Waals surface area contributed by atoms with Crippen molar-refractivity contribution in [2.24, 2.45) is 0 Å². The number of ether oxygens (including phenoxy) is 1. The number of carbonyl (C=O) groups excluding carboxylic acids is 1. The van der Waals surface area contributed by atoms with Gasteiger partial charge >= 0.3 is 0 Å². The van der Waals surface area contributed by atoms with Gasteiger partial charge < -0.3 is 15.4 Å². The molecule has 4 nitrogen and oxygen atoms in total. The molecule has 0 unspecified atom stereocenters. The summed E-state index contributed by atoms with van der Waals surface area (Å²) in [4.78, 5) is 12.3. The molecule has 1 fully saturated rings. The average Bonchev–Trinajstić information content (AvgIpc) is 2.64. The standard InChI is InChI=1S/C20H24N2O2/c23-20(13-18-15-24-12-11-21-18)22-14-19(16-7-3-1-4-8-16)17-9-5-2-6-10-17/h1-10,18-19,21H,11-15H2,(H,22,23)/t18-/m0/s1. The van der Waals surface area contributed by atoms with Crippen molar-refractivity contribution in [1.82, 2.24) is 10.6 Å². The smallest absolute Gasteiger partial charge is 0.221 e. The predicted octanol–water partition coefficient (Wildman–Crippen LogP) is 2.31. The Hall–Kier alpha value is -2.17. The third-order valence-corrected chi connectivity index (χ3v) is 4.34. The van der Waals surface area contributed by atoms with Gasteiger partial charge in [-0.3, -0.25) is 4.79 Å². The summed E-state index contributed by atoms with van der Waals surface area (Å²) in [5.41, 5.74) is 2.42. The summed E-state index contributed by atoms with van der Waals surface area (Å²) in [7, 11) is 0. The number of hydrogen-bond acceptors (Lipinski definition) is 3. The van der Waals surface area contributed by atoms with Crippen LogP contribution in [0.5, 0.6) is 0 Å². The van der Waals surface area contributed by atoms with E-state index in [1.165, 1.54) is 11.1 Å². The van der Waals surface area contributed by atoms with Gasteiger partial charge in [0.2, 0.25) is 5.91 Å². The second kappa shape index (κ2) is 8.62. The summed E-state index contributed by atoms with van der Waals surface area (Å²) in [5, 5.41) is 6.41. The molecule has 0 aliphatic carbocycles. The first-order valence-corrected chi connectivity index (χ1v) is 8.50. The van der Waals surface area contributed by atoms with Crippen molar-refractivity contribution in [3.8, 4) is 0 Å². The molecular formula is C20H24N2O2. The molecule has 1 amide bonds. The van der Waals surface area contributed by atoms with E-state index in [1.54, 1.807) is 0 Å². The van der Waals surface area contributed by atoms with Crippen molar-refractivity contribution in [3.05, 3.63) is 71.8 Å². The summed E-state index contributed by atoms with van der Waals surface area (Å²) in [5.74, 6) is 0.224. The van der Waals surface area contributed by atoms with Crippen LogP contribution < -0.4 is 10.6 Å². The van der Waals surface area contributed by atoms with Gasteiger partial charge in [-0.1, -0.05) is 60.7 Å². The van der Waals surface area contributed by atoms with Gasteiger partial charge in [-0.25, -0.2) is 0 Å². The maximum absolute atomic E-state index is 12.3. The van der Waals surface area contributed by atoms with Crippen molar-refractivity contribution < 1.29 is 9.53 Å². The van der Waals surface area contributed by atoms with Crippen LogP contribution in [0.4, 0.5) is 0 Å².